The lowest BCUT2D eigenvalue weighted by Crippen LogP contribution is -2.20. The van der Waals surface area contributed by atoms with E-state index in [1.807, 2.05) is 13.8 Å². The van der Waals surface area contributed by atoms with Crippen molar-refractivity contribution < 1.29 is 23.8 Å². The molecule has 7 nitrogen and oxygen atoms in total. The number of carbonyl (C=O) groups is 2. The van der Waals surface area contributed by atoms with Crippen molar-refractivity contribution in [2.45, 2.75) is 13.8 Å². The Bertz CT molecular complexity index is 1350. The van der Waals surface area contributed by atoms with Gasteiger partial charge in [-0.1, -0.05) is 23.2 Å². The van der Waals surface area contributed by atoms with Crippen molar-refractivity contribution in [3.05, 3.63) is 106 Å². The first-order valence-corrected chi connectivity index (χ1v) is 12.8. The van der Waals surface area contributed by atoms with Gasteiger partial charge in [-0.3, -0.25) is 9.59 Å². The first kappa shape index (κ1) is 27.8. The maximum Gasteiger partial charge on any atom is 0.262 e. The van der Waals surface area contributed by atoms with Crippen LogP contribution in [0.1, 0.15) is 11.1 Å². The van der Waals surface area contributed by atoms with E-state index in [1.54, 1.807) is 84.9 Å². The topological polar surface area (TPSA) is 85.9 Å². The molecule has 39 heavy (non-hydrogen) atoms. The molecule has 0 aromatic heterocycles. The molecule has 2 amide bonds. The predicted octanol–water partition coefficient (Wildman–Crippen LogP) is 7.44. The Morgan fingerprint density at radius 1 is 0.590 bits per heavy atom. The van der Waals surface area contributed by atoms with Crippen molar-refractivity contribution in [3.8, 4) is 23.0 Å². The third kappa shape index (κ3) is 8.40. The van der Waals surface area contributed by atoms with Crippen LogP contribution < -0.4 is 24.8 Å². The second kappa shape index (κ2) is 13.0. The minimum atomic E-state index is -0.289. The van der Waals surface area contributed by atoms with E-state index in [9.17, 15) is 9.59 Å². The highest BCUT2D eigenvalue weighted by Gasteiger charge is 2.08. The van der Waals surface area contributed by atoms with E-state index in [1.165, 1.54) is 0 Å². The van der Waals surface area contributed by atoms with Crippen LogP contribution in [0.2, 0.25) is 10.0 Å². The van der Waals surface area contributed by atoms with Gasteiger partial charge in [0.2, 0.25) is 0 Å². The van der Waals surface area contributed by atoms with Gasteiger partial charge < -0.3 is 24.8 Å². The molecule has 4 aromatic carbocycles. The first-order chi connectivity index (χ1) is 18.7. The molecule has 9 heteroatoms. The number of hydrogen-bond donors (Lipinski definition) is 2. The average molecular weight is 565 g/mol. The van der Waals surface area contributed by atoms with Crippen molar-refractivity contribution in [3.63, 3.8) is 0 Å². The van der Waals surface area contributed by atoms with Crippen LogP contribution in [0.15, 0.2) is 84.9 Å². The van der Waals surface area contributed by atoms with Crippen LogP contribution in [0, 0.1) is 13.8 Å². The summed E-state index contributed by atoms with van der Waals surface area (Å²) in [6.07, 6.45) is 0. The van der Waals surface area contributed by atoms with Gasteiger partial charge in [0.1, 0.15) is 23.0 Å². The van der Waals surface area contributed by atoms with Gasteiger partial charge in [0.05, 0.1) is 0 Å². The Morgan fingerprint density at radius 3 is 1.31 bits per heavy atom. The zero-order valence-corrected chi connectivity index (χ0v) is 22.8. The molecule has 0 heterocycles. The molecule has 0 aliphatic carbocycles. The van der Waals surface area contributed by atoms with Crippen molar-refractivity contribution >= 4 is 46.4 Å². The molecule has 4 aromatic rings. The summed E-state index contributed by atoms with van der Waals surface area (Å²) >= 11 is 12.0. The number of halogens is 2. The monoisotopic (exact) mass is 564 g/mol. The number of anilines is 2. The molecule has 0 atom stereocenters. The van der Waals surface area contributed by atoms with Gasteiger partial charge in [-0.2, -0.15) is 0 Å². The van der Waals surface area contributed by atoms with Crippen molar-refractivity contribution in [1.82, 2.24) is 0 Å². The minimum Gasteiger partial charge on any atom is -0.484 e. The number of amides is 2. The first-order valence-electron chi connectivity index (χ1n) is 12.0. The van der Waals surface area contributed by atoms with E-state index in [-0.39, 0.29) is 25.0 Å². The fourth-order valence-corrected chi connectivity index (χ4v) is 3.69. The quantitative estimate of drug-likeness (QED) is 0.209. The predicted molar refractivity (Wildman–Crippen MR) is 154 cm³/mol. The smallest absolute Gasteiger partial charge is 0.262 e. The summed E-state index contributed by atoms with van der Waals surface area (Å²) in [5.74, 6) is 1.74. The largest absolute Gasteiger partial charge is 0.484 e. The fraction of sp³-hybridized carbons (Fsp3) is 0.133. The van der Waals surface area contributed by atoms with Gasteiger partial charge in [0.25, 0.3) is 11.8 Å². The van der Waals surface area contributed by atoms with E-state index in [2.05, 4.69) is 10.6 Å². The molecule has 0 unspecified atom stereocenters. The van der Waals surface area contributed by atoms with Crippen LogP contribution in [0.4, 0.5) is 11.4 Å². The molecule has 200 valence electrons. The molecule has 0 radical (unpaired) electrons. The molecule has 2 N–H and O–H groups in total. The summed E-state index contributed by atoms with van der Waals surface area (Å²) in [6, 6.07) is 24.3. The van der Waals surface area contributed by atoms with E-state index < -0.39 is 0 Å². The van der Waals surface area contributed by atoms with E-state index in [4.69, 9.17) is 37.4 Å². The van der Waals surface area contributed by atoms with Crippen molar-refractivity contribution in [2.24, 2.45) is 0 Å². The van der Waals surface area contributed by atoms with E-state index in [0.717, 1.165) is 11.1 Å². The third-order valence-corrected chi connectivity index (χ3v) is 6.36. The SMILES string of the molecule is Cc1cc(OCC(=O)Nc2ccc(Oc3ccc(NC(=O)COc4ccc(Cl)c(C)c4)cc3)cc2)ccc1Cl. The average Bonchev–Trinajstić information content (AvgIpc) is 2.92. The van der Waals surface area contributed by atoms with Crippen LogP contribution in [-0.2, 0) is 9.59 Å². The molecular formula is C30H26Cl2N2O5. The lowest BCUT2D eigenvalue weighted by atomic mass is 10.2. The van der Waals surface area contributed by atoms with Crippen LogP contribution in [0.3, 0.4) is 0 Å². The zero-order chi connectivity index (χ0) is 27.8. The molecule has 0 fully saturated rings. The Kier molecular flexibility index (Phi) is 9.31. The van der Waals surface area contributed by atoms with Gasteiger partial charge in [-0.05, 0) is 110 Å². The number of benzene rings is 4. The maximum absolute atomic E-state index is 12.2. The summed E-state index contributed by atoms with van der Waals surface area (Å²) in [5.41, 5.74) is 2.97. The lowest BCUT2D eigenvalue weighted by Gasteiger charge is -2.11. The Morgan fingerprint density at radius 2 is 0.949 bits per heavy atom. The molecule has 4 rings (SSSR count). The van der Waals surface area contributed by atoms with Gasteiger partial charge >= 0.3 is 0 Å². The van der Waals surface area contributed by atoms with Gasteiger partial charge in [0, 0.05) is 21.4 Å². The zero-order valence-electron chi connectivity index (χ0n) is 21.3. The molecule has 0 aliphatic heterocycles. The highest BCUT2D eigenvalue weighted by Crippen LogP contribution is 2.25. The number of rotatable bonds is 10. The van der Waals surface area contributed by atoms with E-state index in [0.29, 0.717) is 44.4 Å². The Hall–Kier alpha value is -4.20. The molecular weight excluding hydrogens is 539 g/mol. The summed E-state index contributed by atoms with van der Waals surface area (Å²) in [7, 11) is 0. The van der Waals surface area contributed by atoms with E-state index >= 15 is 0 Å². The van der Waals surface area contributed by atoms with Crippen LogP contribution in [0.5, 0.6) is 23.0 Å². The van der Waals surface area contributed by atoms with Crippen LogP contribution in [0.25, 0.3) is 0 Å². The summed E-state index contributed by atoms with van der Waals surface area (Å²) in [6.45, 7) is 3.48. The summed E-state index contributed by atoms with van der Waals surface area (Å²) < 4.78 is 16.9. The molecule has 0 saturated heterocycles. The number of hydrogen-bond acceptors (Lipinski definition) is 5. The second-order valence-corrected chi connectivity index (χ2v) is 9.46. The highest BCUT2D eigenvalue weighted by atomic mass is 35.5. The molecule has 0 spiro atoms. The number of nitrogens with one attached hydrogen (secondary N) is 2. The normalized spacial score (nSPS) is 10.5. The number of aryl methyl sites for hydroxylation is 2. The number of ether oxygens (including phenoxy) is 3. The standard InChI is InChI=1S/C30H26Cl2N2O5/c1-19-15-25(11-13-27(19)31)37-17-29(35)33-21-3-7-23(8-4-21)39-24-9-5-22(6-10-24)34-30(36)18-38-26-12-14-28(32)20(2)16-26/h3-16H,17-18H2,1-2H3,(H,33,35)(H,34,36). The van der Waals surface area contributed by atoms with Crippen molar-refractivity contribution in [2.75, 3.05) is 23.8 Å². The van der Waals surface area contributed by atoms with Gasteiger partial charge in [-0.15, -0.1) is 0 Å². The summed E-state index contributed by atoms with van der Waals surface area (Å²) in [4.78, 5) is 24.4. The molecule has 0 saturated carbocycles. The molecule has 0 bridgehead atoms. The fourth-order valence-electron chi connectivity index (χ4n) is 3.45. The molecule has 0 aliphatic rings. The van der Waals surface area contributed by atoms with Crippen LogP contribution >= 0.6 is 23.2 Å². The third-order valence-electron chi connectivity index (χ3n) is 5.51. The van der Waals surface area contributed by atoms with Crippen molar-refractivity contribution in [1.29, 1.82) is 0 Å². The highest BCUT2D eigenvalue weighted by molar-refractivity contribution is 6.31. The Balaban J connectivity index is 1.21. The number of carbonyl (C=O) groups excluding carboxylic acids is 2. The van der Waals surface area contributed by atoms with Gasteiger partial charge in [0.15, 0.2) is 13.2 Å². The van der Waals surface area contributed by atoms with Crippen LogP contribution in [-0.4, -0.2) is 25.0 Å². The Labute approximate surface area is 236 Å². The maximum atomic E-state index is 12.2. The van der Waals surface area contributed by atoms with Gasteiger partial charge in [-0.25, -0.2) is 0 Å². The summed E-state index contributed by atoms with van der Waals surface area (Å²) in [5, 5.41) is 6.84. The second-order valence-electron chi connectivity index (χ2n) is 8.65. The minimum absolute atomic E-state index is 0.130. The lowest BCUT2D eigenvalue weighted by molar-refractivity contribution is -0.118.